The lowest BCUT2D eigenvalue weighted by Crippen LogP contribution is -2.48. The zero-order chi connectivity index (χ0) is 90.1. The first-order valence-electron chi connectivity index (χ1n) is 40.5. The largest absolute Gasteiger partial charge is 0.469 e. The summed E-state index contributed by atoms with van der Waals surface area (Å²) >= 11 is 2.29. The van der Waals surface area contributed by atoms with E-state index in [1.165, 1.54) is 50.3 Å². The summed E-state index contributed by atoms with van der Waals surface area (Å²) in [5.41, 5.74) is 10.8. The van der Waals surface area contributed by atoms with Gasteiger partial charge in [0.1, 0.15) is 57.3 Å². The number of methoxy groups -OCH3 is 2. The number of Topliss-reactive ketones (excluding diaryl/α,β-unsaturated/α-hetero) is 1. The Labute approximate surface area is 707 Å². The zero-order valence-corrected chi connectivity index (χ0v) is 73.6. The number of aromatic nitrogens is 2. The number of ether oxygens (including phenoxy) is 4. The lowest BCUT2D eigenvalue weighted by molar-refractivity contribution is -0.146. The number of likely N-dealkylation sites (tertiary alicyclic amines) is 2. The van der Waals surface area contributed by atoms with E-state index in [0.29, 0.717) is 68.1 Å². The van der Waals surface area contributed by atoms with Crippen molar-refractivity contribution in [1.29, 1.82) is 0 Å². The van der Waals surface area contributed by atoms with Crippen LogP contribution in [0.3, 0.4) is 0 Å². The van der Waals surface area contributed by atoms with Crippen LogP contribution < -0.4 is 15.4 Å². The molecule has 0 aliphatic carbocycles. The van der Waals surface area contributed by atoms with E-state index in [4.69, 9.17) is 15.0 Å². The normalized spacial score (nSPS) is 17.2. The van der Waals surface area contributed by atoms with E-state index in [1.807, 2.05) is 62.4 Å². The fourth-order valence-corrected chi connectivity index (χ4v) is 15.8. The predicted octanol–water partition coefficient (Wildman–Crippen LogP) is 14.6. The molecule has 4 amide bonds. The highest BCUT2D eigenvalue weighted by Gasteiger charge is 2.40. The molecule has 26 nitrogen and oxygen atoms in total. The van der Waals surface area contributed by atoms with Crippen LogP contribution in [0.25, 0.3) is 10.4 Å². The molecule has 0 saturated carbocycles. The number of nitrogens with zero attached hydrogens (tertiary/aromatic N) is 9. The molecule has 2 aliphatic rings. The van der Waals surface area contributed by atoms with Crippen molar-refractivity contribution in [2.24, 2.45) is 46.5 Å². The van der Waals surface area contributed by atoms with Gasteiger partial charge in [0, 0.05) is 86.0 Å². The van der Waals surface area contributed by atoms with Gasteiger partial charge in [-0.25, -0.2) is 36.7 Å². The van der Waals surface area contributed by atoms with Crippen molar-refractivity contribution in [3.05, 3.63) is 143 Å². The number of thiazole rings is 2. The van der Waals surface area contributed by atoms with Gasteiger partial charge in [-0.2, -0.15) is 8.78 Å². The number of halogens is 7. The van der Waals surface area contributed by atoms with Crippen LogP contribution in [0.5, 0.6) is 5.75 Å². The first kappa shape index (κ1) is 103. The van der Waals surface area contributed by atoms with E-state index in [9.17, 15) is 84.1 Å². The number of carbonyl (C=O) groups is 9. The Bertz CT molecular complexity index is 4170. The molecule has 2 saturated heterocycles. The Morgan fingerprint density at radius 1 is 0.592 bits per heavy atom. The quantitative estimate of drug-likeness (QED) is 0.00330. The number of aliphatic hydroxyl groups excluding tert-OH is 2. The third-order valence-corrected chi connectivity index (χ3v) is 23.7. The molecule has 4 heterocycles. The summed E-state index contributed by atoms with van der Waals surface area (Å²) in [6, 6.07) is 8.47. The minimum absolute atomic E-state index is 0.00288. The molecule has 3 aromatic carbocycles. The third-order valence-electron chi connectivity index (χ3n) is 21.8. The van der Waals surface area contributed by atoms with Gasteiger partial charge in [0.15, 0.2) is 5.78 Å². The lowest BCUT2D eigenvalue weighted by atomic mass is 9.83. The van der Waals surface area contributed by atoms with Crippen LogP contribution in [0.2, 0.25) is 0 Å². The first-order valence-corrected chi connectivity index (χ1v) is 42.3. The van der Waals surface area contributed by atoms with Crippen LogP contribution in [0.15, 0.2) is 64.4 Å². The van der Waals surface area contributed by atoms with Gasteiger partial charge >= 0.3 is 23.9 Å². The van der Waals surface area contributed by atoms with E-state index in [1.54, 1.807) is 86.7 Å². The molecule has 6 unspecified atom stereocenters. The monoisotopic (exact) mass is 1730 g/mol. The van der Waals surface area contributed by atoms with Crippen molar-refractivity contribution < 1.29 is 103 Å². The fraction of sp³-hybridized carbons (Fsp3) is 0.612. The van der Waals surface area contributed by atoms with E-state index in [-0.39, 0.29) is 108 Å². The van der Waals surface area contributed by atoms with Crippen LogP contribution in [-0.4, -0.2) is 197 Å². The summed E-state index contributed by atoms with van der Waals surface area (Å²) in [7, 11) is 9.60. The second-order valence-corrected chi connectivity index (χ2v) is 33.2. The number of rotatable bonds is 37. The van der Waals surface area contributed by atoms with Gasteiger partial charge in [-0.3, -0.25) is 48.2 Å². The summed E-state index contributed by atoms with van der Waals surface area (Å²) in [5.74, 6) is -18.1. The lowest BCUT2D eigenvalue weighted by Gasteiger charge is -2.37. The highest BCUT2D eigenvalue weighted by Crippen LogP contribution is 2.35. The molecule has 0 radical (unpaired) electrons. The SMILES string of the molecule is CCC(C)[C@H](CC(=O)C1CCCCN1C)C(=O)N(C)C(C[C@@H](O)c1nc(C(=O)N[C@@H](Cc2ccc(F)cc2)C[C@H](C)C(=O)OC)cs1)C(C)C.CCC(C)[C@H](N=[N+]=[N-])C(=O)N(C)C(C[C@@H](O)c1nc(C(=O)N[C@@H](Cc2ccc(F)cc2)C[C@H](C)C(=O)OC)cs1)C(C)C.CCOC(C)=O.CN1CCCCC1C(=O)Oc1c(F)c(F)c(F)c(F)c1F. The minimum Gasteiger partial charge on any atom is -0.469 e. The number of carbonyl (C=O) groups excluding carboxylic acids is 9. The van der Waals surface area contributed by atoms with Crippen molar-refractivity contribution in [2.75, 3.05) is 62.1 Å². The maximum absolute atomic E-state index is 14.1. The molecule has 35 heteroatoms. The highest BCUT2D eigenvalue weighted by molar-refractivity contribution is 7.10. The Morgan fingerprint density at radius 2 is 0.992 bits per heavy atom. The number of azide groups is 1. The van der Waals surface area contributed by atoms with Gasteiger partial charge < -0.3 is 49.6 Å². The second-order valence-electron chi connectivity index (χ2n) is 31.4. The number of piperidine rings is 2. The Hall–Kier alpha value is -8.99. The molecule has 7 rings (SSSR count). The maximum Gasteiger partial charge on any atom is 0.328 e. The first-order chi connectivity index (χ1) is 56.6. The van der Waals surface area contributed by atoms with Crippen LogP contribution in [0.1, 0.15) is 221 Å². The Kier molecular flexibility index (Phi) is 44.0. The number of likely N-dealkylation sites (N-methyl/N-ethyl adjacent to an activating group) is 3. The Morgan fingerprint density at radius 3 is 1.35 bits per heavy atom. The molecule has 5 aromatic rings. The summed E-state index contributed by atoms with van der Waals surface area (Å²) in [6.45, 7) is 24.2. The number of esters is 4. The van der Waals surface area contributed by atoms with Crippen LogP contribution in [0.4, 0.5) is 30.7 Å². The number of benzene rings is 3. The molecular formula is C85H120F7N11O15S2. The van der Waals surface area contributed by atoms with Gasteiger partial charge in [-0.1, -0.05) is 124 Å². The van der Waals surface area contributed by atoms with Crippen LogP contribution >= 0.6 is 22.7 Å². The molecule has 0 spiro atoms. The average Bonchev–Trinajstić information content (AvgIpc) is 1.06. The number of ketones is 1. The number of hydrogen-bond acceptors (Lipinski definition) is 22. The molecular weight excluding hydrogens is 1610 g/mol. The summed E-state index contributed by atoms with van der Waals surface area (Å²) in [6.07, 6.45) is 6.11. The average molecular weight is 1730 g/mol. The fourth-order valence-electron chi connectivity index (χ4n) is 14.2. The Balaban J connectivity index is 0.000000389. The van der Waals surface area contributed by atoms with Crippen molar-refractivity contribution in [2.45, 2.75) is 234 Å². The van der Waals surface area contributed by atoms with Gasteiger partial charge in [-0.05, 0) is 150 Å². The van der Waals surface area contributed by atoms with Crippen LogP contribution in [-0.2, 0) is 60.6 Å². The number of hydrogen-bond donors (Lipinski definition) is 4. The van der Waals surface area contributed by atoms with E-state index in [0.717, 1.165) is 72.4 Å². The molecule has 2 fully saturated rings. The summed E-state index contributed by atoms with van der Waals surface area (Å²) in [4.78, 5) is 132. The van der Waals surface area contributed by atoms with Crippen molar-refractivity contribution in [3.8, 4) is 5.75 Å². The predicted molar refractivity (Wildman–Crippen MR) is 440 cm³/mol. The number of amides is 4. The van der Waals surface area contributed by atoms with E-state index >= 15 is 0 Å². The molecule has 2 aromatic heterocycles. The summed E-state index contributed by atoms with van der Waals surface area (Å²) in [5, 5.41) is 35.9. The zero-order valence-electron chi connectivity index (χ0n) is 71.9. The molecule has 0 bridgehead atoms. The molecule has 4 N–H and O–H groups in total. The van der Waals surface area contributed by atoms with Crippen molar-refractivity contribution >= 4 is 76.0 Å². The topological polar surface area (TPSA) is 343 Å². The van der Waals surface area contributed by atoms with Gasteiger partial charge in [-0.15, -0.1) is 22.7 Å². The summed E-state index contributed by atoms with van der Waals surface area (Å²) < 4.78 is 111. The standard InChI is InChI=1S/C38H57FN4O6S.C30H43FN6O5S.C13H12F5NO2.C4H8O2/c1-9-24(4)29(20-33(44)31-12-10-11-17-42(31)6)37(47)43(7)32(23(2)3)21-34(45)36-41-30(22-50-36)35(46)40-28(18-25(5)38(48)49-8)19-26-13-15-27(39)16-14-26;1-8-18(4)26(35-36-32)29(40)37(6)24(17(2)3)15-25(38)28-34-23(16-43-28)27(39)33-22(13-19(5)30(41)42-7)14-20-9-11-21(31)12-10-20;1-19-5-3-2-4-6(19)13(20)21-12-10(17)8(15)7(14)9(16)11(12)18;1-3-6-4(2)5/h13-16,22-25,28-29,31-32,34,45H,9-12,17-21H2,1-8H3,(H,40,46);9-12,16-19,22,24-26,38H,8,13-15H2,1-7H3,(H,33,39);6H,2-5H2,1H3;3H2,1-2H3/t24?,25-,28+,29-,31?,32?,34+;18?,19-,22+,24?,25+,26-;;/m00../s1. The van der Waals surface area contributed by atoms with Crippen molar-refractivity contribution in [3.63, 3.8) is 0 Å². The van der Waals surface area contributed by atoms with Gasteiger partial charge in [0.05, 0.1) is 38.7 Å². The third kappa shape index (κ3) is 31.5. The van der Waals surface area contributed by atoms with Crippen LogP contribution in [0, 0.1) is 82.1 Å². The van der Waals surface area contributed by atoms with Gasteiger partial charge in [0.2, 0.25) is 46.6 Å². The van der Waals surface area contributed by atoms with E-state index in [2.05, 4.69) is 45.0 Å². The second kappa shape index (κ2) is 51.1. The molecule has 666 valence electrons. The maximum atomic E-state index is 14.1. The van der Waals surface area contributed by atoms with Gasteiger partial charge in [0.25, 0.3) is 11.8 Å². The van der Waals surface area contributed by atoms with Crippen molar-refractivity contribution in [1.82, 2.24) is 40.2 Å². The molecule has 120 heavy (non-hydrogen) atoms. The molecule has 14 atom stereocenters. The molecule has 2 aliphatic heterocycles. The van der Waals surface area contributed by atoms with E-state index < -0.39 is 119 Å². The highest BCUT2D eigenvalue weighted by atomic mass is 32.1. The number of aliphatic hydroxyl groups is 2. The number of nitrogens with one attached hydrogen (secondary N) is 2. The minimum atomic E-state index is -2.29. The smallest absolute Gasteiger partial charge is 0.328 e.